The van der Waals surface area contributed by atoms with Crippen molar-refractivity contribution in [1.29, 1.82) is 0 Å². The lowest BCUT2D eigenvalue weighted by atomic mass is 10.3. The van der Waals surface area contributed by atoms with Crippen LogP contribution in [0, 0.1) is 0 Å². The van der Waals surface area contributed by atoms with Gasteiger partial charge in [-0.15, -0.1) is 5.10 Å². The fourth-order valence-corrected chi connectivity index (χ4v) is 2.33. The number of aliphatic carboxylic acids is 1. The van der Waals surface area contributed by atoms with Crippen LogP contribution in [0.25, 0.3) is 5.69 Å². The molecule has 1 aromatic carbocycles. The molecule has 1 N–H and O–H groups in total. The molecule has 7 nitrogen and oxygen atoms in total. The number of hydrogen-bond acceptors (Lipinski definition) is 5. The second kappa shape index (κ2) is 6.01. The minimum Gasteiger partial charge on any atom is -0.481 e. The van der Waals surface area contributed by atoms with Crippen molar-refractivity contribution in [3.8, 4) is 5.69 Å². The lowest BCUT2D eigenvalue weighted by molar-refractivity contribution is -0.137. The van der Waals surface area contributed by atoms with Crippen LogP contribution in [0.1, 0.15) is 25.1 Å². The molecular weight excluding hydrogens is 270 g/mol. The molecular formula is C14H17N5O2. The summed E-state index contributed by atoms with van der Waals surface area (Å²) in [6, 6.07) is 10.2. The molecule has 110 valence electrons. The van der Waals surface area contributed by atoms with E-state index >= 15 is 0 Å². The van der Waals surface area contributed by atoms with Crippen molar-refractivity contribution >= 4 is 5.97 Å². The van der Waals surface area contributed by atoms with Crippen molar-refractivity contribution in [2.24, 2.45) is 0 Å². The Hall–Kier alpha value is -2.28. The first-order valence-corrected chi connectivity index (χ1v) is 7.02. The predicted molar refractivity (Wildman–Crippen MR) is 74.8 cm³/mol. The van der Waals surface area contributed by atoms with Gasteiger partial charge in [-0.2, -0.15) is 4.68 Å². The highest BCUT2D eigenvalue weighted by Crippen LogP contribution is 2.28. The van der Waals surface area contributed by atoms with Gasteiger partial charge in [-0.05, 0) is 35.4 Å². The first-order valence-electron chi connectivity index (χ1n) is 7.02. The van der Waals surface area contributed by atoms with Crippen molar-refractivity contribution < 1.29 is 9.90 Å². The number of rotatable bonds is 7. The van der Waals surface area contributed by atoms with Crippen molar-refractivity contribution in [1.82, 2.24) is 25.1 Å². The van der Waals surface area contributed by atoms with Gasteiger partial charge in [-0.1, -0.05) is 18.2 Å². The maximum Gasteiger partial charge on any atom is 0.304 e. The Bertz CT molecular complexity index is 609. The number of carbonyl (C=O) groups is 1. The smallest absolute Gasteiger partial charge is 0.304 e. The van der Waals surface area contributed by atoms with E-state index < -0.39 is 5.97 Å². The van der Waals surface area contributed by atoms with Crippen LogP contribution in [-0.4, -0.2) is 48.8 Å². The molecule has 2 aromatic rings. The quantitative estimate of drug-likeness (QED) is 0.821. The average molecular weight is 287 g/mol. The summed E-state index contributed by atoms with van der Waals surface area (Å²) in [5.41, 5.74) is 0.909. The molecule has 0 aliphatic heterocycles. The van der Waals surface area contributed by atoms with Gasteiger partial charge in [0.05, 0.1) is 18.7 Å². The molecule has 1 saturated carbocycles. The molecule has 0 spiro atoms. The molecule has 0 radical (unpaired) electrons. The molecule has 0 saturated heterocycles. The largest absolute Gasteiger partial charge is 0.481 e. The van der Waals surface area contributed by atoms with Gasteiger partial charge in [0.1, 0.15) is 0 Å². The van der Waals surface area contributed by atoms with Gasteiger partial charge in [0.15, 0.2) is 5.82 Å². The topological polar surface area (TPSA) is 84.1 Å². The van der Waals surface area contributed by atoms with Gasteiger partial charge in [-0.3, -0.25) is 9.69 Å². The van der Waals surface area contributed by atoms with Gasteiger partial charge in [-0.25, -0.2) is 0 Å². The second-order valence-corrected chi connectivity index (χ2v) is 5.19. The number of aromatic nitrogens is 4. The van der Waals surface area contributed by atoms with E-state index in [9.17, 15) is 4.79 Å². The highest BCUT2D eigenvalue weighted by molar-refractivity contribution is 5.66. The average Bonchev–Trinajstić information content (AvgIpc) is 3.23. The van der Waals surface area contributed by atoms with Crippen LogP contribution in [-0.2, 0) is 11.3 Å². The van der Waals surface area contributed by atoms with Gasteiger partial charge in [0.25, 0.3) is 0 Å². The second-order valence-electron chi connectivity index (χ2n) is 5.19. The Morgan fingerprint density at radius 1 is 1.33 bits per heavy atom. The Morgan fingerprint density at radius 3 is 2.76 bits per heavy atom. The van der Waals surface area contributed by atoms with Crippen molar-refractivity contribution in [3.63, 3.8) is 0 Å². The summed E-state index contributed by atoms with van der Waals surface area (Å²) in [5, 5.41) is 20.7. The zero-order chi connectivity index (χ0) is 14.7. The molecule has 1 aliphatic carbocycles. The predicted octanol–water partition coefficient (Wildman–Crippen LogP) is 1.10. The number of tetrazole rings is 1. The number of nitrogens with zero attached hydrogens (tertiary/aromatic N) is 5. The van der Waals surface area contributed by atoms with Crippen molar-refractivity contribution in [3.05, 3.63) is 36.2 Å². The van der Waals surface area contributed by atoms with Gasteiger partial charge in [0.2, 0.25) is 0 Å². The zero-order valence-electron chi connectivity index (χ0n) is 11.6. The van der Waals surface area contributed by atoms with E-state index in [1.165, 1.54) is 0 Å². The first kappa shape index (κ1) is 13.7. The van der Waals surface area contributed by atoms with Crippen molar-refractivity contribution in [2.45, 2.75) is 31.8 Å². The van der Waals surface area contributed by atoms with Crippen LogP contribution in [0.3, 0.4) is 0 Å². The number of benzene rings is 1. The summed E-state index contributed by atoms with van der Waals surface area (Å²) in [6.07, 6.45) is 2.38. The van der Waals surface area contributed by atoms with Crippen molar-refractivity contribution in [2.75, 3.05) is 6.54 Å². The highest BCUT2D eigenvalue weighted by Gasteiger charge is 2.30. The lowest BCUT2D eigenvalue weighted by Gasteiger charge is -2.20. The molecule has 1 aromatic heterocycles. The highest BCUT2D eigenvalue weighted by atomic mass is 16.4. The minimum atomic E-state index is -0.775. The third-order valence-electron chi connectivity index (χ3n) is 3.56. The summed E-state index contributed by atoms with van der Waals surface area (Å²) in [5.74, 6) is -0.0400. The molecule has 0 amide bonds. The summed E-state index contributed by atoms with van der Waals surface area (Å²) >= 11 is 0. The lowest BCUT2D eigenvalue weighted by Crippen LogP contribution is -2.29. The minimum absolute atomic E-state index is 0.142. The summed E-state index contributed by atoms with van der Waals surface area (Å²) < 4.78 is 1.70. The molecule has 0 atom stereocenters. The normalized spacial score (nSPS) is 14.5. The molecule has 0 unspecified atom stereocenters. The summed E-state index contributed by atoms with van der Waals surface area (Å²) in [6.45, 7) is 1.10. The van der Waals surface area contributed by atoms with Crippen LogP contribution in [0.5, 0.6) is 0 Å². The summed E-state index contributed by atoms with van der Waals surface area (Å²) in [7, 11) is 0. The monoisotopic (exact) mass is 287 g/mol. The fourth-order valence-electron chi connectivity index (χ4n) is 2.33. The van der Waals surface area contributed by atoms with Crippen LogP contribution in [0.4, 0.5) is 0 Å². The Balaban J connectivity index is 1.74. The Morgan fingerprint density at radius 2 is 2.10 bits per heavy atom. The van der Waals surface area contributed by atoms with E-state index in [4.69, 9.17) is 5.11 Å². The maximum absolute atomic E-state index is 10.8. The number of carboxylic acid groups (broad SMARTS) is 1. The van der Waals surface area contributed by atoms with Crippen LogP contribution >= 0.6 is 0 Å². The SMILES string of the molecule is O=C(O)CCN(Cc1nnnn1-c1ccccc1)C1CC1. The number of para-hydroxylation sites is 1. The van der Waals surface area contributed by atoms with E-state index in [2.05, 4.69) is 20.4 Å². The van der Waals surface area contributed by atoms with Crippen LogP contribution in [0.2, 0.25) is 0 Å². The Kier molecular flexibility index (Phi) is 3.92. The van der Waals surface area contributed by atoms with E-state index in [0.29, 0.717) is 19.1 Å². The third-order valence-corrected chi connectivity index (χ3v) is 3.56. The molecule has 1 fully saturated rings. The molecule has 7 heteroatoms. The van der Waals surface area contributed by atoms with Gasteiger partial charge >= 0.3 is 5.97 Å². The molecule has 21 heavy (non-hydrogen) atoms. The standard InChI is InChI=1S/C14H17N5O2/c20-14(21)8-9-18(11-6-7-11)10-13-15-16-17-19(13)12-4-2-1-3-5-12/h1-5,11H,6-10H2,(H,20,21). The van der Waals surface area contributed by atoms with E-state index in [-0.39, 0.29) is 6.42 Å². The fraction of sp³-hybridized carbons (Fsp3) is 0.429. The Labute approximate surface area is 122 Å². The van der Waals surface area contributed by atoms with Gasteiger partial charge in [0, 0.05) is 12.6 Å². The number of hydrogen-bond donors (Lipinski definition) is 1. The third kappa shape index (κ3) is 3.43. The molecule has 3 rings (SSSR count). The first-order chi connectivity index (χ1) is 10.2. The van der Waals surface area contributed by atoms with E-state index in [1.807, 2.05) is 30.3 Å². The van der Waals surface area contributed by atoms with E-state index in [1.54, 1.807) is 4.68 Å². The zero-order valence-corrected chi connectivity index (χ0v) is 11.6. The molecule has 1 aliphatic rings. The maximum atomic E-state index is 10.8. The van der Waals surface area contributed by atoms with Gasteiger partial charge < -0.3 is 5.11 Å². The molecule has 0 bridgehead atoms. The molecule has 1 heterocycles. The van der Waals surface area contributed by atoms with Crippen LogP contribution in [0.15, 0.2) is 30.3 Å². The van der Waals surface area contributed by atoms with Crippen LogP contribution < -0.4 is 0 Å². The summed E-state index contributed by atoms with van der Waals surface area (Å²) in [4.78, 5) is 12.9. The van der Waals surface area contributed by atoms with E-state index in [0.717, 1.165) is 24.4 Å². The number of carboxylic acids is 1.